The fourth-order valence-corrected chi connectivity index (χ4v) is 6.57. The molecular formula is C32H42N6O6S. The molecule has 12 nitrogen and oxygen atoms in total. The smallest absolute Gasteiger partial charge is 0.408 e. The van der Waals surface area contributed by atoms with Gasteiger partial charge in [0.1, 0.15) is 41.5 Å². The number of methoxy groups -OCH3 is 1. The number of benzene rings is 1. The highest BCUT2D eigenvalue weighted by atomic mass is 32.1. The molecule has 0 bridgehead atoms. The number of nitrogens with zero attached hydrogens (tertiary/aromatic N) is 4. The van der Waals surface area contributed by atoms with Crippen molar-refractivity contribution in [1.82, 2.24) is 20.2 Å². The lowest BCUT2D eigenvalue weighted by atomic mass is 9.85. The summed E-state index contributed by atoms with van der Waals surface area (Å²) in [7, 11) is 5.45. The van der Waals surface area contributed by atoms with Crippen molar-refractivity contribution >= 4 is 45.3 Å². The molecule has 1 saturated heterocycles. The van der Waals surface area contributed by atoms with E-state index in [-0.39, 0.29) is 19.1 Å². The van der Waals surface area contributed by atoms with E-state index in [0.717, 1.165) is 36.2 Å². The summed E-state index contributed by atoms with van der Waals surface area (Å²) < 4.78 is 17.6. The number of alkyl carbamates (subject to hydrolysis) is 1. The molecule has 1 aromatic carbocycles. The van der Waals surface area contributed by atoms with Gasteiger partial charge in [0.15, 0.2) is 5.13 Å². The van der Waals surface area contributed by atoms with Crippen LogP contribution < -0.4 is 25.4 Å². The number of primary amides is 1. The molecule has 1 aliphatic carbocycles. The zero-order chi connectivity index (χ0) is 32.5. The third-order valence-electron chi connectivity index (χ3n) is 8.24. The average Bonchev–Trinajstić information content (AvgIpc) is 3.76. The number of nitrogens with two attached hydrogens (primary N) is 1. The van der Waals surface area contributed by atoms with Crippen LogP contribution in [0.2, 0.25) is 0 Å². The van der Waals surface area contributed by atoms with E-state index in [9.17, 15) is 14.4 Å². The molecule has 0 spiro atoms. The number of rotatable bonds is 9. The molecule has 3 heterocycles. The van der Waals surface area contributed by atoms with E-state index in [0.29, 0.717) is 28.4 Å². The van der Waals surface area contributed by atoms with Crippen molar-refractivity contribution in [2.75, 3.05) is 32.6 Å². The average molecular weight is 639 g/mol. The summed E-state index contributed by atoms with van der Waals surface area (Å²) in [6, 6.07) is 5.49. The number of aromatic nitrogens is 2. The molecule has 3 N–H and O–H groups in total. The summed E-state index contributed by atoms with van der Waals surface area (Å²) in [5.74, 6) is 0.123. The second-order valence-corrected chi connectivity index (χ2v) is 13.8. The highest BCUT2D eigenvalue weighted by Gasteiger charge is 2.45. The van der Waals surface area contributed by atoms with Gasteiger partial charge in [-0.05, 0) is 43.2 Å². The number of fused-ring (bicyclic) bond motifs is 1. The third kappa shape index (κ3) is 7.24. The number of nitrogens with one attached hydrogen (secondary N) is 1. The van der Waals surface area contributed by atoms with Gasteiger partial charge >= 0.3 is 6.09 Å². The van der Waals surface area contributed by atoms with E-state index in [1.54, 1.807) is 7.11 Å². The van der Waals surface area contributed by atoms with Crippen molar-refractivity contribution in [2.45, 2.75) is 77.2 Å². The minimum Gasteiger partial charge on any atom is -0.497 e. The van der Waals surface area contributed by atoms with Gasteiger partial charge in [0, 0.05) is 43.4 Å². The molecule has 2 fully saturated rings. The van der Waals surface area contributed by atoms with E-state index < -0.39 is 41.5 Å². The fourth-order valence-electron chi connectivity index (χ4n) is 5.82. The third-order valence-corrected chi connectivity index (χ3v) is 9.24. The Labute approximate surface area is 267 Å². The van der Waals surface area contributed by atoms with Crippen LogP contribution in [0.3, 0.4) is 0 Å². The van der Waals surface area contributed by atoms with Crippen LogP contribution in [-0.2, 0) is 14.3 Å². The Morgan fingerprint density at radius 1 is 1.09 bits per heavy atom. The number of carbonyl (C=O) groups is 3. The number of thiazole rings is 1. The lowest BCUT2D eigenvalue weighted by Gasteiger charge is -2.34. The van der Waals surface area contributed by atoms with Gasteiger partial charge in [-0.15, -0.1) is 11.3 Å². The van der Waals surface area contributed by atoms with Crippen molar-refractivity contribution in [3.63, 3.8) is 0 Å². The Hall–Kier alpha value is -4.13. The number of ether oxygens (including phenoxy) is 3. The Balaban J connectivity index is 1.41. The van der Waals surface area contributed by atoms with Gasteiger partial charge in [-0.1, -0.05) is 20.8 Å². The number of likely N-dealkylation sites (tertiary alicyclic amines) is 1. The summed E-state index contributed by atoms with van der Waals surface area (Å²) in [6.45, 7) is 5.67. The van der Waals surface area contributed by atoms with Crippen molar-refractivity contribution < 1.29 is 28.6 Å². The fraction of sp³-hybridized carbons (Fsp3) is 0.531. The molecule has 45 heavy (non-hydrogen) atoms. The van der Waals surface area contributed by atoms with E-state index in [1.807, 2.05) is 69.4 Å². The number of carbonyl (C=O) groups excluding carboxylic acids is 3. The normalized spacial score (nSPS) is 19.4. The topological polar surface area (TPSA) is 149 Å². The van der Waals surface area contributed by atoms with Gasteiger partial charge in [-0.2, -0.15) is 0 Å². The Morgan fingerprint density at radius 2 is 1.82 bits per heavy atom. The quantitative estimate of drug-likeness (QED) is 0.349. The zero-order valence-electron chi connectivity index (χ0n) is 26.7. The van der Waals surface area contributed by atoms with Crippen LogP contribution in [0.1, 0.15) is 52.9 Å². The van der Waals surface area contributed by atoms with E-state index in [2.05, 4.69) is 5.32 Å². The van der Waals surface area contributed by atoms with Crippen LogP contribution in [0.15, 0.2) is 29.6 Å². The van der Waals surface area contributed by atoms with E-state index in [1.165, 1.54) is 16.2 Å². The molecule has 2 aromatic heterocycles. The van der Waals surface area contributed by atoms with Crippen molar-refractivity contribution in [1.29, 1.82) is 0 Å². The van der Waals surface area contributed by atoms with Gasteiger partial charge < -0.3 is 35.1 Å². The lowest BCUT2D eigenvalue weighted by Crippen LogP contribution is -2.57. The van der Waals surface area contributed by atoms with Crippen LogP contribution in [0, 0.1) is 5.41 Å². The van der Waals surface area contributed by atoms with Crippen molar-refractivity contribution in [3.8, 4) is 22.9 Å². The largest absolute Gasteiger partial charge is 0.497 e. The molecule has 3 amide bonds. The predicted octanol–water partition coefficient (Wildman–Crippen LogP) is 4.35. The Bertz CT molecular complexity index is 1560. The maximum Gasteiger partial charge on any atom is 0.408 e. The molecule has 5 rings (SSSR count). The van der Waals surface area contributed by atoms with Crippen LogP contribution in [-0.4, -0.2) is 84.8 Å². The molecule has 3 atom stereocenters. The van der Waals surface area contributed by atoms with Crippen molar-refractivity contribution in [3.05, 3.63) is 29.6 Å². The molecule has 1 saturated carbocycles. The second-order valence-electron chi connectivity index (χ2n) is 12.9. The minimum atomic E-state index is -0.941. The first kappa shape index (κ1) is 32.3. The summed E-state index contributed by atoms with van der Waals surface area (Å²) in [6.07, 6.45) is 2.51. The monoisotopic (exact) mass is 638 g/mol. The van der Waals surface area contributed by atoms with Crippen molar-refractivity contribution in [2.24, 2.45) is 11.1 Å². The number of hydrogen-bond donors (Lipinski definition) is 2. The van der Waals surface area contributed by atoms with Crippen LogP contribution in [0.4, 0.5) is 9.93 Å². The Morgan fingerprint density at radius 3 is 2.44 bits per heavy atom. The van der Waals surface area contributed by atoms with E-state index >= 15 is 0 Å². The first-order valence-electron chi connectivity index (χ1n) is 15.2. The summed E-state index contributed by atoms with van der Waals surface area (Å²) in [5.41, 5.74) is 7.11. The molecular weight excluding hydrogens is 596 g/mol. The van der Waals surface area contributed by atoms with Gasteiger partial charge in [-0.3, -0.25) is 9.59 Å². The maximum absolute atomic E-state index is 14.0. The number of amides is 3. The number of anilines is 1. The molecule has 2 aliphatic rings. The highest BCUT2D eigenvalue weighted by molar-refractivity contribution is 7.14. The molecule has 3 aromatic rings. The first-order chi connectivity index (χ1) is 21.3. The molecule has 0 radical (unpaired) electrons. The molecule has 0 unspecified atom stereocenters. The summed E-state index contributed by atoms with van der Waals surface area (Å²) >= 11 is 1.50. The van der Waals surface area contributed by atoms with Crippen LogP contribution in [0.25, 0.3) is 22.3 Å². The first-order valence-corrected chi connectivity index (χ1v) is 16.1. The SMILES string of the molecule is COc1ccc2c(O[C@@H]3C[C@@H](C(N)=O)N(C(=O)[C@@H](NC(=O)OC4CCCC4)C(C)(C)C)C3)cc(-c3csc(N(C)C)n3)nc2c1. The van der Waals surface area contributed by atoms with Gasteiger partial charge in [0.05, 0.1) is 24.9 Å². The van der Waals surface area contributed by atoms with E-state index in [4.69, 9.17) is 29.9 Å². The van der Waals surface area contributed by atoms with Gasteiger partial charge in [0.2, 0.25) is 11.8 Å². The Kier molecular flexibility index (Phi) is 9.38. The van der Waals surface area contributed by atoms with Crippen LogP contribution in [0.5, 0.6) is 11.5 Å². The van der Waals surface area contributed by atoms with Gasteiger partial charge in [-0.25, -0.2) is 14.8 Å². The van der Waals surface area contributed by atoms with Gasteiger partial charge in [0.25, 0.3) is 0 Å². The minimum absolute atomic E-state index is 0.106. The number of hydrogen-bond acceptors (Lipinski definition) is 10. The molecule has 1 aliphatic heterocycles. The zero-order valence-corrected chi connectivity index (χ0v) is 27.5. The second kappa shape index (κ2) is 13.1. The summed E-state index contributed by atoms with van der Waals surface area (Å²) in [5, 5.41) is 6.29. The molecule has 13 heteroatoms. The standard InChI is InChI=1S/C32H42N6O6S/c1-32(2,3)27(36-31(41)44-18-9-7-8-10-18)29(40)38-16-20(14-25(38)28(33)39)43-26-15-23(24-17-45-30(35-24)37(4)5)34-22-13-19(42-6)11-12-21(22)26/h11-13,15,17-18,20,25,27H,7-10,14,16H2,1-6H3,(H2,33,39)(H,36,41)/t20-,25+,27-/m1/s1. The maximum atomic E-state index is 14.0. The lowest BCUT2D eigenvalue weighted by molar-refractivity contribution is -0.141. The molecule has 242 valence electrons. The predicted molar refractivity (Wildman–Crippen MR) is 173 cm³/mol. The number of pyridine rings is 1. The summed E-state index contributed by atoms with van der Waals surface area (Å²) in [4.78, 5) is 52.4. The highest BCUT2D eigenvalue weighted by Crippen LogP contribution is 2.36. The van der Waals surface area contributed by atoms with Crippen LogP contribution >= 0.6 is 11.3 Å².